The molecule has 0 amide bonds. The molecule has 0 N–H and O–H groups in total. The average molecular weight is 368 g/mol. The zero-order chi connectivity index (χ0) is 18.3. The van der Waals surface area contributed by atoms with Crippen LogP contribution in [0.5, 0.6) is 5.75 Å². The van der Waals surface area contributed by atoms with Gasteiger partial charge in [-0.25, -0.2) is 0 Å². The third-order valence-corrected chi connectivity index (χ3v) is 5.82. The number of hydrogen-bond donors (Lipinski definition) is 0. The van der Waals surface area contributed by atoms with E-state index >= 15 is 0 Å². The summed E-state index contributed by atoms with van der Waals surface area (Å²) in [7, 11) is 0. The van der Waals surface area contributed by atoms with Crippen molar-refractivity contribution < 1.29 is 4.74 Å². The lowest BCUT2D eigenvalue weighted by Crippen LogP contribution is -2.46. The fourth-order valence-electron chi connectivity index (χ4n) is 4.43. The maximum Gasteiger partial charge on any atom is 0.127 e. The Bertz CT molecular complexity index is 869. The highest BCUT2D eigenvalue weighted by Crippen LogP contribution is 2.47. The topological polar surface area (TPSA) is 12.5 Å². The monoisotopic (exact) mass is 367 g/mol. The van der Waals surface area contributed by atoms with Gasteiger partial charge in [0, 0.05) is 34.8 Å². The molecule has 0 spiro atoms. The zero-order valence-electron chi connectivity index (χ0n) is 15.8. The third kappa shape index (κ3) is 2.81. The Balaban J connectivity index is 1.84. The Kier molecular flexibility index (Phi) is 4.48. The van der Waals surface area contributed by atoms with Crippen molar-refractivity contribution in [1.29, 1.82) is 0 Å². The van der Waals surface area contributed by atoms with Gasteiger partial charge in [-0.05, 0) is 56.9 Å². The predicted molar refractivity (Wildman–Crippen MR) is 111 cm³/mol. The first kappa shape index (κ1) is 17.5. The Morgan fingerprint density at radius 1 is 1.08 bits per heavy atom. The number of ether oxygens (including phenoxy) is 1. The molecule has 2 aliphatic rings. The molecule has 0 fully saturated rings. The number of benzene rings is 2. The van der Waals surface area contributed by atoms with Gasteiger partial charge >= 0.3 is 0 Å². The lowest BCUT2D eigenvalue weighted by atomic mass is 9.83. The molecular formula is C23H26ClNO. The number of anilines is 1. The minimum Gasteiger partial charge on any atom is -0.488 e. The van der Waals surface area contributed by atoms with Crippen molar-refractivity contribution in [3.8, 4) is 16.9 Å². The summed E-state index contributed by atoms with van der Waals surface area (Å²) in [6, 6.07) is 12.9. The second-order valence-electron chi connectivity index (χ2n) is 7.80. The SMILES string of the molecule is CC1=CC(C)(C)N(CCCCCl)c2ccc3c(c21)COc1ccccc1-3. The molecule has 0 radical (unpaired) electrons. The van der Waals surface area contributed by atoms with Gasteiger partial charge in [0.25, 0.3) is 0 Å². The van der Waals surface area contributed by atoms with E-state index in [1.54, 1.807) is 0 Å². The van der Waals surface area contributed by atoms with Gasteiger partial charge in [0.2, 0.25) is 0 Å². The molecule has 2 aromatic carbocycles. The molecule has 2 heterocycles. The maximum absolute atomic E-state index is 6.09. The van der Waals surface area contributed by atoms with Crippen LogP contribution in [0.3, 0.4) is 0 Å². The van der Waals surface area contributed by atoms with Gasteiger partial charge in [0.1, 0.15) is 12.4 Å². The number of para-hydroxylation sites is 1. The van der Waals surface area contributed by atoms with Gasteiger partial charge in [-0.2, -0.15) is 0 Å². The van der Waals surface area contributed by atoms with Crippen molar-refractivity contribution in [2.24, 2.45) is 0 Å². The summed E-state index contributed by atoms with van der Waals surface area (Å²) < 4.78 is 6.09. The molecule has 2 aromatic rings. The van der Waals surface area contributed by atoms with Gasteiger partial charge in [0.05, 0.1) is 5.54 Å². The van der Waals surface area contributed by atoms with E-state index in [9.17, 15) is 0 Å². The molecule has 0 aromatic heterocycles. The van der Waals surface area contributed by atoms with E-state index in [1.165, 1.54) is 33.5 Å². The van der Waals surface area contributed by atoms with Crippen LogP contribution in [0.1, 0.15) is 44.7 Å². The second kappa shape index (κ2) is 6.66. The Hall–Kier alpha value is -1.93. The summed E-state index contributed by atoms with van der Waals surface area (Å²) in [6.45, 7) is 8.48. The number of fused-ring (bicyclic) bond motifs is 5. The number of alkyl halides is 1. The number of nitrogens with zero attached hydrogens (tertiary/aromatic N) is 1. The van der Waals surface area contributed by atoms with Crippen molar-refractivity contribution in [3.63, 3.8) is 0 Å². The van der Waals surface area contributed by atoms with Gasteiger partial charge in [-0.15, -0.1) is 11.6 Å². The molecule has 0 unspecified atom stereocenters. The van der Waals surface area contributed by atoms with Crippen LogP contribution >= 0.6 is 11.6 Å². The molecule has 0 saturated carbocycles. The third-order valence-electron chi connectivity index (χ3n) is 5.56. The lowest BCUT2D eigenvalue weighted by molar-refractivity contribution is 0.302. The highest BCUT2D eigenvalue weighted by Gasteiger charge is 2.34. The summed E-state index contributed by atoms with van der Waals surface area (Å²) >= 11 is 5.91. The van der Waals surface area contributed by atoms with Crippen LogP contribution in [0.4, 0.5) is 5.69 Å². The minimum atomic E-state index is 0.00502. The molecule has 136 valence electrons. The summed E-state index contributed by atoms with van der Waals surface area (Å²) in [5, 5.41) is 0. The quantitative estimate of drug-likeness (QED) is 0.466. The van der Waals surface area contributed by atoms with Crippen molar-refractivity contribution in [2.45, 2.75) is 45.8 Å². The lowest BCUT2D eigenvalue weighted by Gasteiger charge is -2.44. The summed E-state index contributed by atoms with van der Waals surface area (Å²) in [5.41, 5.74) is 7.84. The van der Waals surface area contributed by atoms with Gasteiger partial charge in [-0.1, -0.05) is 30.3 Å². The standard InChI is InChI=1S/C23H26ClNO/c1-16-14-23(2,3)25(13-7-6-12-24)20-11-10-17-18-8-4-5-9-21(18)26-15-19(17)22(16)20/h4-5,8-11,14H,6-7,12-13,15H2,1-3H3. The summed E-state index contributed by atoms with van der Waals surface area (Å²) in [5.74, 6) is 1.71. The maximum atomic E-state index is 6.09. The smallest absolute Gasteiger partial charge is 0.127 e. The van der Waals surface area contributed by atoms with E-state index in [2.05, 4.69) is 62.1 Å². The summed E-state index contributed by atoms with van der Waals surface area (Å²) in [6.07, 6.45) is 4.56. The molecule has 0 atom stereocenters. The average Bonchev–Trinajstić information content (AvgIpc) is 2.63. The van der Waals surface area contributed by atoms with Crippen LogP contribution in [0.25, 0.3) is 16.7 Å². The first-order chi connectivity index (χ1) is 12.5. The molecule has 0 saturated heterocycles. The Morgan fingerprint density at radius 3 is 2.69 bits per heavy atom. The number of unbranched alkanes of at least 4 members (excludes halogenated alkanes) is 1. The fraction of sp³-hybridized carbons (Fsp3) is 0.391. The molecule has 0 bridgehead atoms. The van der Waals surface area contributed by atoms with Crippen LogP contribution in [0.2, 0.25) is 0 Å². The number of allylic oxidation sites excluding steroid dienone is 1. The molecule has 2 aliphatic heterocycles. The fourth-order valence-corrected chi connectivity index (χ4v) is 4.62. The van der Waals surface area contributed by atoms with Crippen LogP contribution < -0.4 is 9.64 Å². The zero-order valence-corrected chi connectivity index (χ0v) is 16.6. The van der Waals surface area contributed by atoms with Crippen LogP contribution in [0.15, 0.2) is 42.5 Å². The van der Waals surface area contributed by atoms with Crippen LogP contribution in [-0.2, 0) is 6.61 Å². The second-order valence-corrected chi connectivity index (χ2v) is 8.18. The van der Waals surface area contributed by atoms with Crippen molar-refractivity contribution in [2.75, 3.05) is 17.3 Å². The highest BCUT2D eigenvalue weighted by atomic mass is 35.5. The van der Waals surface area contributed by atoms with E-state index in [-0.39, 0.29) is 5.54 Å². The van der Waals surface area contributed by atoms with E-state index in [0.717, 1.165) is 31.0 Å². The van der Waals surface area contributed by atoms with E-state index in [0.29, 0.717) is 6.61 Å². The van der Waals surface area contributed by atoms with E-state index in [4.69, 9.17) is 16.3 Å². The van der Waals surface area contributed by atoms with Gasteiger partial charge in [-0.3, -0.25) is 0 Å². The highest BCUT2D eigenvalue weighted by molar-refractivity contribution is 6.17. The molecule has 0 aliphatic carbocycles. The first-order valence-corrected chi connectivity index (χ1v) is 9.98. The van der Waals surface area contributed by atoms with Crippen molar-refractivity contribution in [1.82, 2.24) is 0 Å². The molecule has 2 nitrogen and oxygen atoms in total. The molecule has 4 rings (SSSR count). The van der Waals surface area contributed by atoms with Crippen LogP contribution in [0, 0.1) is 0 Å². The molecular weight excluding hydrogens is 342 g/mol. The molecule has 3 heteroatoms. The normalized spacial score (nSPS) is 16.9. The first-order valence-electron chi connectivity index (χ1n) is 9.44. The van der Waals surface area contributed by atoms with E-state index < -0.39 is 0 Å². The Labute approximate surface area is 161 Å². The van der Waals surface area contributed by atoms with Crippen LogP contribution in [-0.4, -0.2) is 18.0 Å². The Morgan fingerprint density at radius 2 is 1.88 bits per heavy atom. The van der Waals surface area contributed by atoms with Gasteiger partial charge in [0.15, 0.2) is 0 Å². The van der Waals surface area contributed by atoms with Crippen molar-refractivity contribution in [3.05, 3.63) is 53.6 Å². The van der Waals surface area contributed by atoms with Gasteiger partial charge < -0.3 is 9.64 Å². The number of halogens is 1. The van der Waals surface area contributed by atoms with E-state index in [1.807, 2.05) is 6.07 Å². The summed E-state index contributed by atoms with van der Waals surface area (Å²) in [4.78, 5) is 2.53. The van der Waals surface area contributed by atoms with Crippen molar-refractivity contribution >= 4 is 22.9 Å². The number of hydrogen-bond acceptors (Lipinski definition) is 2. The minimum absolute atomic E-state index is 0.00502. The molecule has 26 heavy (non-hydrogen) atoms. The number of rotatable bonds is 4. The predicted octanol–water partition coefficient (Wildman–Crippen LogP) is 6.27. The largest absolute Gasteiger partial charge is 0.488 e.